The van der Waals surface area contributed by atoms with Crippen LogP contribution in [0.2, 0.25) is 0 Å². The molecule has 43 heavy (non-hydrogen) atoms. The summed E-state index contributed by atoms with van der Waals surface area (Å²) in [5.74, 6) is 0. The second-order valence-electron chi connectivity index (χ2n) is 10.5. The fraction of sp³-hybridized carbons (Fsp3) is 0.258. The minimum Gasteiger partial charge on any atom is -0.339 e. The number of hydrogen-bond donors (Lipinski definition) is 4. The molecule has 0 saturated heterocycles. The predicted octanol–water partition coefficient (Wildman–Crippen LogP) is 5.64. The van der Waals surface area contributed by atoms with Gasteiger partial charge in [-0.25, -0.2) is 4.79 Å². The summed E-state index contributed by atoms with van der Waals surface area (Å²) in [5.41, 5.74) is 5.68. The minimum atomic E-state index is -4.41. The molecule has 2 aromatic carbocycles. The lowest BCUT2D eigenvalue weighted by molar-refractivity contribution is -0.0328. The number of thioether (sulfide) groups is 1. The zero-order valence-corrected chi connectivity index (χ0v) is 24.2. The molecule has 3 aromatic heterocycles. The molecule has 0 saturated carbocycles. The Bertz CT molecular complexity index is 1810. The molecule has 0 radical (unpaired) electrons. The van der Waals surface area contributed by atoms with Crippen molar-refractivity contribution in [2.75, 3.05) is 0 Å². The maximum absolute atomic E-state index is 13.2. The second-order valence-corrected chi connectivity index (χ2v) is 11.6. The molecule has 5 aromatic rings. The quantitative estimate of drug-likeness (QED) is 0.144. The number of alkyl halides is 3. The Morgan fingerprint density at radius 1 is 1.00 bits per heavy atom. The number of aryl methyl sites for hydroxylation is 1. The number of nitrogens with one attached hydrogen (secondary N) is 3. The molecule has 5 N–H and O–H groups in total. The number of pyridine rings is 1. The molecule has 0 aliphatic heterocycles. The molecule has 0 aliphatic carbocycles. The van der Waals surface area contributed by atoms with Crippen LogP contribution < -0.4 is 22.3 Å². The van der Waals surface area contributed by atoms with Gasteiger partial charge in [0.15, 0.2) is 0 Å². The van der Waals surface area contributed by atoms with Gasteiger partial charge in [0.05, 0.1) is 5.69 Å². The Morgan fingerprint density at radius 3 is 2.44 bits per heavy atom. The van der Waals surface area contributed by atoms with E-state index in [1.807, 2.05) is 37.3 Å². The van der Waals surface area contributed by atoms with Crippen molar-refractivity contribution in [1.82, 2.24) is 24.8 Å². The van der Waals surface area contributed by atoms with Gasteiger partial charge in [-0.15, -0.1) is 0 Å². The number of aromatic amines is 2. The van der Waals surface area contributed by atoms with E-state index in [0.717, 1.165) is 29.5 Å². The third kappa shape index (κ3) is 8.25. The number of nitrogens with two attached hydrogens (primary N) is 1. The number of aromatic nitrogens is 4. The number of rotatable bonds is 11. The summed E-state index contributed by atoms with van der Waals surface area (Å²) in [6, 6.07) is 17.4. The highest BCUT2D eigenvalue weighted by molar-refractivity contribution is 8.00. The molecule has 224 valence electrons. The summed E-state index contributed by atoms with van der Waals surface area (Å²) in [5, 5.41) is 3.96. The number of nitrogens with zero attached hydrogens (tertiary/aromatic N) is 2. The van der Waals surface area contributed by atoms with Gasteiger partial charge in [-0.05, 0) is 96.6 Å². The molecule has 1 atom stereocenters. The van der Waals surface area contributed by atoms with E-state index in [-0.39, 0.29) is 28.3 Å². The molecule has 0 spiro atoms. The van der Waals surface area contributed by atoms with Gasteiger partial charge in [-0.1, -0.05) is 18.2 Å². The highest BCUT2D eigenvalue weighted by Crippen LogP contribution is 2.39. The number of H-pyrrole nitrogens is 2. The van der Waals surface area contributed by atoms with E-state index in [2.05, 4.69) is 20.3 Å². The normalized spacial score (nSPS) is 12.6. The molecular formula is C31H31F3N6O2S. The molecule has 5 rings (SSSR count). The van der Waals surface area contributed by atoms with Crippen molar-refractivity contribution in [2.45, 2.75) is 55.7 Å². The highest BCUT2D eigenvalue weighted by atomic mass is 32.2. The first-order valence-electron chi connectivity index (χ1n) is 13.8. The average molecular weight is 609 g/mol. The standard InChI is InChI=1S/C31H31F3N6O2S/c1-19(35)3-2-4-21-11-23(13-26(12-21)43-31(32,33)34)27-14-24-18-40(30(42)39-29(24)38-27)25-8-5-20(6-9-25)15-36-16-22-7-10-28(41)37-17-22/h5-14,17-19,36H,2-4,15-16,35H2,1H3,(H,37,41)(H,38,39,42)/t19-/m0/s1. The first kappa shape index (κ1) is 30.3. The summed E-state index contributed by atoms with van der Waals surface area (Å²) in [6.07, 6.45) is 5.47. The third-order valence-corrected chi connectivity index (χ3v) is 7.57. The largest absolute Gasteiger partial charge is 0.446 e. The van der Waals surface area contributed by atoms with E-state index in [4.69, 9.17) is 5.73 Å². The SMILES string of the molecule is C[C@H](N)CCCc1cc(SC(F)(F)F)cc(-c2cc3cn(-c4ccc(CNCc5ccc(=O)[nH]c5)cc4)c(=O)nc3[nH]2)c1. The fourth-order valence-corrected chi connectivity index (χ4v) is 5.46. The zero-order valence-electron chi connectivity index (χ0n) is 23.4. The lowest BCUT2D eigenvalue weighted by Crippen LogP contribution is -2.20. The van der Waals surface area contributed by atoms with Crippen LogP contribution in [-0.2, 0) is 19.5 Å². The van der Waals surface area contributed by atoms with Crippen LogP contribution in [-0.4, -0.2) is 31.1 Å². The van der Waals surface area contributed by atoms with Gasteiger partial charge in [0, 0.05) is 53.6 Å². The third-order valence-electron chi connectivity index (χ3n) is 6.87. The Balaban J connectivity index is 1.36. The summed E-state index contributed by atoms with van der Waals surface area (Å²) in [7, 11) is 0. The van der Waals surface area contributed by atoms with Gasteiger partial charge < -0.3 is 21.0 Å². The van der Waals surface area contributed by atoms with Crippen molar-refractivity contribution in [1.29, 1.82) is 0 Å². The number of hydrogen-bond acceptors (Lipinski definition) is 6. The fourth-order valence-electron chi connectivity index (χ4n) is 4.79. The Hall–Kier alpha value is -4.13. The van der Waals surface area contributed by atoms with Crippen LogP contribution >= 0.6 is 11.8 Å². The Kier molecular flexibility index (Phi) is 9.19. The van der Waals surface area contributed by atoms with Crippen molar-refractivity contribution in [3.63, 3.8) is 0 Å². The van der Waals surface area contributed by atoms with Crippen LogP contribution in [0.4, 0.5) is 13.2 Å². The molecular weight excluding hydrogens is 577 g/mol. The van der Waals surface area contributed by atoms with Gasteiger partial charge in [0.2, 0.25) is 5.56 Å². The van der Waals surface area contributed by atoms with Crippen molar-refractivity contribution in [3.05, 3.63) is 111 Å². The van der Waals surface area contributed by atoms with Crippen LogP contribution in [0.25, 0.3) is 28.0 Å². The number of benzene rings is 2. The van der Waals surface area contributed by atoms with Crippen molar-refractivity contribution in [2.24, 2.45) is 5.73 Å². The molecule has 0 aliphatic rings. The van der Waals surface area contributed by atoms with Crippen LogP contribution in [0, 0.1) is 0 Å². The lowest BCUT2D eigenvalue weighted by Gasteiger charge is -2.11. The van der Waals surface area contributed by atoms with Gasteiger partial charge in [0.1, 0.15) is 5.65 Å². The average Bonchev–Trinajstić information content (AvgIpc) is 3.36. The van der Waals surface area contributed by atoms with Gasteiger partial charge >= 0.3 is 11.2 Å². The summed E-state index contributed by atoms with van der Waals surface area (Å²) in [4.78, 5) is 34.2. The lowest BCUT2D eigenvalue weighted by atomic mass is 10.0. The van der Waals surface area contributed by atoms with Crippen LogP contribution in [0.5, 0.6) is 0 Å². The van der Waals surface area contributed by atoms with Crippen LogP contribution in [0.1, 0.15) is 36.5 Å². The van der Waals surface area contributed by atoms with E-state index in [1.165, 1.54) is 16.7 Å². The molecule has 0 bridgehead atoms. The number of halogens is 3. The van der Waals surface area contributed by atoms with E-state index in [1.54, 1.807) is 30.6 Å². The van der Waals surface area contributed by atoms with Gasteiger partial charge in [-0.2, -0.15) is 18.2 Å². The van der Waals surface area contributed by atoms with E-state index >= 15 is 0 Å². The van der Waals surface area contributed by atoms with E-state index in [9.17, 15) is 22.8 Å². The molecule has 12 heteroatoms. The minimum absolute atomic E-state index is 0.0152. The van der Waals surface area contributed by atoms with Crippen molar-refractivity contribution < 1.29 is 13.2 Å². The van der Waals surface area contributed by atoms with E-state index in [0.29, 0.717) is 47.5 Å². The first-order chi connectivity index (χ1) is 20.5. The molecule has 0 fully saturated rings. The predicted molar refractivity (Wildman–Crippen MR) is 163 cm³/mol. The maximum Gasteiger partial charge on any atom is 0.446 e. The monoisotopic (exact) mass is 608 g/mol. The number of fused-ring (bicyclic) bond motifs is 1. The van der Waals surface area contributed by atoms with Crippen LogP contribution in [0.15, 0.2) is 87.5 Å². The van der Waals surface area contributed by atoms with Gasteiger partial charge in [0.25, 0.3) is 0 Å². The molecule has 3 heterocycles. The Labute approximate surface area is 249 Å². The van der Waals surface area contributed by atoms with Crippen LogP contribution in [0.3, 0.4) is 0 Å². The first-order valence-corrected chi connectivity index (χ1v) is 14.6. The molecule has 0 unspecified atom stereocenters. The maximum atomic E-state index is 13.2. The van der Waals surface area contributed by atoms with Crippen molar-refractivity contribution in [3.8, 4) is 16.9 Å². The highest BCUT2D eigenvalue weighted by Gasteiger charge is 2.29. The topological polar surface area (TPSA) is 122 Å². The van der Waals surface area contributed by atoms with E-state index < -0.39 is 11.2 Å². The summed E-state index contributed by atoms with van der Waals surface area (Å²) >= 11 is -0.148. The van der Waals surface area contributed by atoms with Crippen molar-refractivity contribution >= 4 is 22.8 Å². The second kappa shape index (κ2) is 13.0. The summed E-state index contributed by atoms with van der Waals surface area (Å²) in [6.45, 7) is 3.08. The molecule has 0 amide bonds. The smallest absolute Gasteiger partial charge is 0.339 e. The Morgan fingerprint density at radius 2 is 1.74 bits per heavy atom. The zero-order chi connectivity index (χ0) is 30.6. The summed E-state index contributed by atoms with van der Waals surface area (Å²) < 4.78 is 41.1. The molecule has 8 nitrogen and oxygen atoms in total. The van der Waals surface area contributed by atoms with Gasteiger partial charge in [-0.3, -0.25) is 9.36 Å².